The van der Waals surface area contributed by atoms with Crippen molar-refractivity contribution in [3.63, 3.8) is 0 Å². The Morgan fingerprint density at radius 2 is 1.20 bits per heavy atom. The molecule has 0 aliphatic heterocycles. The van der Waals surface area contributed by atoms with Gasteiger partial charge in [0.15, 0.2) is 0 Å². The molecule has 2 aliphatic carbocycles. The Morgan fingerprint density at radius 1 is 0.686 bits per heavy atom. The van der Waals surface area contributed by atoms with E-state index in [-0.39, 0.29) is 5.41 Å². The monoisotopic (exact) mass is 469 g/mol. The van der Waals surface area contributed by atoms with Crippen molar-refractivity contribution in [1.29, 1.82) is 5.26 Å². The fourth-order valence-corrected chi connectivity index (χ4v) is 6.79. The Balaban J connectivity index is 1.29. The van der Waals surface area contributed by atoms with E-state index in [1.54, 1.807) is 0 Å². The molecule has 1 heteroatoms. The molecule has 2 aliphatic rings. The van der Waals surface area contributed by atoms with Crippen LogP contribution in [0.15, 0.2) is 48.5 Å². The van der Waals surface area contributed by atoms with Gasteiger partial charge in [-0.05, 0) is 97.8 Å². The van der Waals surface area contributed by atoms with E-state index in [2.05, 4.69) is 68.4 Å². The van der Waals surface area contributed by atoms with Crippen LogP contribution < -0.4 is 0 Å². The molecule has 35 heavy (non-hydrogen) atoms. The summed E-state index contributed by atoms with van der Waals surface area (Å²) in [6.07, 6.45) is 18.9. The van der Waals surface area contributed by atoms with Crippen molar-refractivity contribution in [2.75, 3.05) is 0 Å². The Labute approximate surface area is 215 Å². The molecule has 0 aromatic heterocycles. The van der Waals surface area contributed by atoms with Gasteiger partial charge in [0.1, 0.15) is 0 Å². The molecule has 0 N–H and O–H groups in total. The van der Waals surface area contributed by atoms with Crippen molar-refractivity contribution in [2.24, 2.45) is 11.3 Å². The highest BCUT2D eigenvalue weighted by atomic mass is 14.4. The maximum atomic E-state index is 9.94. The van der Waals surface area contributed by atoms with Crippen LogP contribution in [0.1, 0.15) is 133 Å². The van der Waals surface area contributed by atoms with E-state index in [4.69, 9.17) is 0 Å². The smallest absolute Gasteiger partial charge is 0.0689 e. The number of unbranched alkanes of at least 4 members (excludes halogenated alkanes) is 4. The molecule has 2 saturated carbocycles. The second kappa shape index (κ2) is 12.8. The third-order valence-corrected chi connectivity index (χ3v) is 9.46. The summed E-state index contributed by atoms with van der Waals surface area (Å²) in [6, 6.07) is 21.5. The lowest BCUT2D eigenvalue weighted by Gasteiger charge is -2.35. The van der Waals surface area contributed by atoms with Crippen LogP contribution in [0.25, 0.3) is 11.1 Å². The highest BCUT2D eigenvalue weighted by Crippen LogP contribution is 2.46. The number of hydrogen-bond donors (Lipinski definition) is 0. The Hall–Kier alpha value is -2.07. The first kappa shape index (κ1) is 26.0. The van der Waals surface area contributed by atoms with E-state index in [1.807, 2.05) is 0 Å². The van der Waals surface area contributed by atoms with Gasteiger partial charge in [-0.2, -0.15) is 5.26 Å². The molecule has 0 spiro atoms. The van der Waals surface area contributed by atoms with E-state index < -0.39 is 0 Å². The van der Waals surface area contributed by atoms with Gasteiger partial charge in [0.25, 0.3) is 0 Å². The number of rotatable bonds is 10. The molecule has 0 unspecified atom stereocenters. The summed E-state index contributed by atoms with van der Waals surface area (Å²) in [6.45, 7) is 4.61. The fraction of sp³-hybridized carbons (Fsp3) is 0.618. The molecule has 0 atom stereocenters. The van der Waals surface area contributed by atoms with Crippen LogP contribution in [-0.4, -0.2) is 0 Å². The molecule has 4 rings (SSSR count). The van der Waals surface area contributed by atoms with Gasteiger partial charge in [-0.25, -0.2) is 0 Å². The lowest BCUT2D eigenvalue weighted by Crippen LogP contribution is -2.25. The van der Waals surface area contributed by atoms with Gasteiger partial charge < -0.3 is 0 Å². The number of nitriles is 1. The molecule has 2 aromatic rings. The lowest BCUT2D eigenvalue weighted by molar-refractivity contribution is 0.223. The normalized spacial score (nSPS) is 26.8. The van der Waals surface area contributed by atoms with Crippen LogP contribution in [0.3, 0.4) is 0 Å². The Bertz CT molecular complexity index is 916. The summed E-state index contributed by atoms with van der Waals surface area (Å²) >= 11 is 0. The van der Waals surface area contributed by atoms with Gasteiger partial charge in [0.2, 0.25) is 0 Å². The fourth-order valence-electron chi connectivity index (χ4n) is 6.79. The maximum absolute atomic E-state index is 9.94. The van der Waals surface area contributed by atoms with Crippen molar-refractivity contribution in [3.8, 4) is 17.2 Å². The minimum Gasteiger partial charge on any atom is -0.198 e. The Kier molecular flexibility index (Phi) is 9.48. The van der Waals surface area contributed by atoms with Gasteiger partial charge in [-0.1, -0.05) is 101 Å². The van der Waals surface area contributed by atoms with Crippen molar-refractivity contribution < 1.29 is 0 Å². The maximum Gasteiger partial charge on any atom is 0.0689 e. The molecular formula is C34H47N. The zero-order valence-electron chi connectivity index (χ0n) is 22.4. The molecule has 2 fully saturated rings. The Morgan fingerprint density at radius 3 is 1.69 bits per heavy atom. The molecular weight excluding hydrogens is 422 g/mol. The highest BCUT2D eigenvalue weighted by molar-refractivity contribution is 5.64. The first-order valence-electron chi connectivity index (χ1n) is 14.8. The minimum atomic E-state index is -0.0554. The summed E-state index contributed by atoms with van der Waals surface area (Å²) in [5, 5.41) is 9.94. The molecule has 0 bridgehead atoms. The van der Waals surface area contributed by atoms with Crippen molar-refractivity contribution >= 4 is 0 Å². The predicted molar refractivity (Wildman–Crippen MR) is 149 cm³/mol. The average Bonchev–Trinajstić information content (AvgIpc) is 2.93. The highest BCUT2D eigenvalue weighted by Gasteiger charge is 2.35. The van der Waals surface area contributed by atoms with E-state index in [0.29, 0.717) is 5.92 Å². The zero-order valence-corrected chi connectivity index (χ0v) is 22.4. The second-order valence-electron chi connectivity index (χ2n) is 11.7. The summed E-state index contributed by atoms with van der Waals surface area (Å²) in [4.78, 5) is 0. The predicted octanol–water partition coefficient (Wildman–Crippen LogP) is 10.6. The van der Waals surface area contributed by atoms with Crippen molar-refractivity contribution in [2.45, 2.75) is 122 Å². The first-order chi connectivity index (χ1) is 17.2. The van der Waals surface area contributed by atoms with Gasteiger partial charge >= 0.3 is 0 Å². The zero-order chi connectivity index (χ0) is 24.5. The van der Waals surface area contributed by atoms with Crippen LogP contribution in [-0.2, 0) is 0 Å². The number of hydrogen-bond acceptors (Lipinski definition) is 1. The SMILES string of the molecule is CCCCCCCC1(C#N)CCC(c2ccc(-c3ccc(C4CCC(CC)CC4)cc3)cc2)CC1. The van der Waals surface area contributed by atoms with Gasteiger partial charge in [-0.3, -0.25) is 0 Å². The first-order valence-corrected chi connectivity index (χ1v) is 14.8. The number of benzene rings is 2. The van der Waals surface area contributed by atoms with Crippen molar-refractivity contribution in [1.82, 2.24) is 0 Å². The molecule has 0 heterocycles. The third kappa shape index (κ3) is 6.78. The quantitative estimate of drug-likeness (QED) is 0.317. The number of nitrogens with zero attached hydrogens (tertiary/aromatic N) is 1. The molecule has 0 amide bonds. The molecule has 2 aromatic carbocycles. The molecule has 0 radical (unpaired) electrons. The van der Waals surface area contributed by atoms with E-state index in [9.17, 15) is 5.26 Å². The van der Waals surface area contributed by atoms with Crippen LogP contribution in [0, 0.1) is 22.7 Å². The minimum absolute atomic E-state index is 0.0554. The summed E-state index contributed by atoms with van der Waals surface area (Å²) < 4.78 is 0. The molecule has 0 saturated heterocycles. The van der Waals surface area contributed by atoms with Gasteiger partial charge in [-0.15, -0.1) is 0 Å². The van der Waals surface area contributed by atoms with Gasteiger partial charge in [0.05, 0.1) is 11.5 Å². The van der Waals surface area contributed by atoms with E-state index in [1.165, 1.54) is 86.5 Å². The van der Waals surface area contributed by atoms with E-state index >= 15 is 0 Å². The molecule has 188 valence electrons. The summed E-state index contributed by atoms with van der Waals surface area (Å²) in [5.41, 5.74) is 5.60. The van der Waals surface area contributed by atoms with Crippen molar-refractivity contribution in [3.05, 3.63) is 59.7 Å². The third-order valence-electron chi connectivity index (χ3n) is 9.46. The largest absolute Gasteiger partial charge is 0.198 e. The standard InChI is InChI=1S/C34H47N/c1-3-5-6-7-8-23-34(26-35)24-21-33(22-25-34)32-19-17-31(18-20-32)30-15-13-29(14-16-30)28-11-9-27(4-2)10-12-28/h13-20,27-28,33H,3-12,21-25H2,1-2H3. The van der Waals surface area contributed by atoms with Crippen LogP contribution >= 0.6 is 0 Å². The van der Waals surface area contributed by atoms with Gasteiger partial charge in [0, 0.05) is 0 Å². The van der Waals surface area contributed by atoms with E-state index in [0.717, 1.165) is 43.9 Å². The topological polar surface area (TPSA) is 23.8 Å². The lowest BCUT2D eigenvalue weighted by atomic mass is 9.67. The van der Waals surface area contributed by atoms with Crippen LogP contribution in [0.5, 0.6) is 0 Å². The second-order valence-corrected chi connectivity index (χ2v) is 11.7. The average molecular weight is 470 g/mol. The summed E-state index contributed by atoms with van der Waals surface area (Å²) in [7, 11) is 0. The van der Waals surface area contributed by atoms with Crippen LogP contribution in [0.2, 0.25) is 0 Å². The van der Waals surface area contributed by atoms with Crippen LogP contribution in [0.4, 0.5) is 0 Å². The summed E-state index contributed by atoms with van der Waals surface area (Å²) in [5.74, 6) is 2.34. The molecule has 1 nitrogen and oxygen atoms in total.